The maximum Gasteiger partial charge on any atom is 0.315 e. The molecule has 3 N–H and O–H groups in total. The molecule has 0 aliphatic rings. The van der Waals surface area contributed by atoms with Crippen LogP contribution < -0.4 is 10.6 Å². The molecule has 2 amide bonds. The molecule has 0 unspecified atom stereocenters. The molecule has 0 bridgehead atoms. The van der Waals surface area contributed by atoms with Gasteiger partial charge in [-0.3, -0.25) is 0 Å². The summed E-state index contributed by atoms with van der Waals surface area (Å²) in [5, 5.41) is 16.7. The van der Waals surface area contributed by atoms with Gasteiger partial charge in [-0.15, -0.1) is 11.3 Å². The third-order valence-corrected chi connectivity index (χ3v) is 4.60. The highest BCUT2D eigenvalue weighted by Gasteiger charge is 2.12. The van der Waals surface area contributed by atoms with E-state index in [2.05, 4.69) is 16.7 Å². The minimum atomic E-state index is -0.290. The normalized spacial score (nSPS) is 11.9. The fourth-order valence-corrected chi connectivity index (χ4v) is 3.21. The van der Waals surface area contributed by atoms with Gasteiger partial charge in [0.2, 0.25) is 0 Å². The first kappa shape index (κ1) is 17.4. The topological polar surface area (TPSA) is 61.4 Å². The van der Waals surface area contributed by atoms with Crippen molar-refractivity contribution in [1.29, 1.82) is 0 Å². The summed E-state index contributed by atoms with van der Waals surface area (Å²) >= 11 is 1.67. The molecule has 0 saturated heterocycles. The number of carbonyl (C=O) groups excluding carboxylic acids is 1. The molecule has 0 spiro atoms. The number of carbonyl (C=O) groups is 1. The number of aliphatic hydroxyl groups excluding tert-OH is 1. The number of halogens is 1. The molecule has 0 saturated carbocycles. The van der Waals surface area contributed by atoms with Crippen LogP contribution in [0.25, 0.3) is 0 Å². The van der Waals surface area contributed by atoms with Crippen LogP contribution in [0.2, 0.25) is 0 Å². The standard InChI is InChI=1S/C17H21FN2O2S/c18-15-5-3-13(4-6-15)12-20-17(22)19-9-7-14(8-10-21)16-2-1-11-23-16/h1-6,11,14,21H,7-10,12H2,(H2,19,20,22)/t14-/m1/s1. The molecule has 6 heteroatoms. The Hall–Kier alpha value is -1.92. The maximum atomic E-state index is 12.8. The molecule has 4 nitrogen and oxygen atoms in total. The minimum absolute atomic E-state index is 0.138. The predicted octanol–water partition coefficient (Wildman–Crippen LogP) is 3.24. The molecular formula is C17H21FN2O2S. The van der Waals surface area contributed by atoms with Gasteiger partial charge in [-0.1, -0.05) is 18.2 Å². The van der Waals surface area contributed by atoms with Crippen LogP contribution in [0.1, 0.15) is 29.2 Å². The Kier molecular flexibility index (Phi) is 7.03. The van der Waals surface area contributed by atoms with Gasteiger partial charge in [0, 0.05) is 24.6 Å². The van der Waals surface area contributed by atoms with Gasteiger partial charge >= 0.3 is 6.03 Å². The van der Waals surface area contributed by atoms with Crippen LogP contribution in [0.3, 0.4) is 0 Å². The lowest BCUT2D eigenvalue weighted by Gasteiger charge is -2.15. The molecule has 23 heavy (non-hydrogen) atoms. The van der Waals surface area contributed by atoms with E-state index in [0.717, 1.165) is 12.0 Å². The van der Waals surface area contributed by atoms with Crippen molar-refractivity contribution in [1.82, 2.24) is 10.6 Å². The molecule has 0 aliphatic heterocycles. The van der Waals surface area contributed by atoms with E-state index in [0.29, 0.717) is 19.5 Å². The van der Waals surface area contributed by atoms with Gasteiger partial charge in [0.05, 0.1) is 0 Å². The molecule has 1 aromatic carbocycles. The first-order chi connectivity index (χ1) is 11.2. The zero-order valence-corrected chi connectivity index (χ0v) is 13.6. The number of hydrogen-bond donors (Lipinski definition) is 3. The van der Waals surface area contributed by atoms with E-state index in [1.807, 2.05) is 11.4 Å². The van der Waals surface area contributed by atoms with Crippen molar-refractivity contribution in [3.63, 3.8) is 0 Å². The molecular weight excluding hydrogens is 315 g/mol. The van der Waals surface area contributed by atoms with Crippen molar-refractivity contribution in [3.8, 4) is 0 Å². The smallest absolute Gasteiger partial charge is 0.315 e. The molecule has 1 aromatic heterocycles. The van der Waals surface area contributed by atoms with Crippen molar-refractivity contribution >= 4 is 17.4 Å². The lowest BCUT2D eigenvalue weighted by atomic mass is 10.00. The Balaban J connectivity index is 1.70. The number of amides is 2. The van der Waals surface area contributed by atoms with Crippen LogP contribution in [0, 0.1) is 5.82 Å². The summed E-state index contributed by atoms with van der Waals surface area (Å²) in [7, 11) is 0. The van der Waals surface area contributed by atoms with E-state index in [4.69, 9.17) is 5.11 Å². The first-order valence-corrected chi connectivity index (χ1v) is 8.47. The van der Waals surface area contributed by atoms with Gasteiger partial charge < -0.3 is 15.7 Å². The number of benzene rings is 1. The van der Waals surface area contributed by atoms with E-state index < -0.39 is 0 Å². The fraction of sp³-hybridized carbons (Fsp3) is 0.353. The summed E-state index contributed by atoms with van der Waals surface area (Å²) < 4.78 is 12.8. The number of rotatable bonds is 8. The Morgan fingerprint density at radius 3 is 2.61 bits per heavy atom. The van der Waals surface area contributed by atoms with Gasteiger partial charge in [0.15, 0.2) is 0 Å². The van der Waals surface area contributed by atoms with Gasteiger partial charge in [0.25, 0.3) is 0 Å². The van der Waals surface area contributed by atoms with Gasteiger partial charge in [0.1, 0.15) is 5.82 Å². The molecule has 2 aromatic rings. The molecule has 1 heterocycles. The number of hydrogen-bond acceptors (Lipinski definition) is 3. The van der Waals surface area contributed by atoms with Gasteiger partial charge in [-0.05, 0) is 47.9 Å². The molecule has 0 radical (unpaired) electrons. The van der Waals surface area contributed by atoms with Crippen LogP contribution in [-0.2, 0) is 6.54 Å². The van der Waals surface area contributed by atoms with Crippen LogP contribution >= 0.6 is 11.3 Å². The molecule has 2 rings (SSSR count). The van der Waals surface area contributed by atoms with E-state index in [1.165, 1.54) is 17.0 Å². The van der Waals surface area contributed by atoms with E-state index >= 15 is 0 Å². The van der Waals surface area contributed by atoms with Crippen LogP contribution in [0.5, 0.6) is 0 Å². The van der Waals surface area contributed by atoms with Crippen LogP contribution in [0.4, 0.5) is 9.18 Å². The van der Waals surface area contributed by atoms with E-state index in [9.17, 15) is 9.18 Å². The molecule has 0 fully saturated rings. The number of urea groups is 1. The SMILES string of the molecule is O=C(NCC[C@H](CCO)c1cccs1)NCc1ccc(F)cc1. The zero-order valence-electron chi connectivity index (χ0n) is 12.8. The second-order valence-electron chi connectivity index (χ2n) is 5.25. The minimum Gasteiger partial charge on any atom is -0.396 e. The predicted molar refractivity (Wildman–Crippen MR) is 90.0 cm³/mol. The largest absolute Gasteiger partial charge is 0.396 e. The first-order valence-electron chi connectivity index (χ1n) is 7.59. The highest BCUT2D eigenvalue weighted by atomic mass is 32.1. The Morgan fingerprint density at radius 2 is 1.96 bits per heavy atom. The molecule has 1 atom stereocenters. The maximum absolute atomic E-state index is 12.8. The number of thiophene rings is 1. The van der Waals surface area contributed by atoms with Crippen molar-refractivity contribution < 1.29 is 14.3 Å². The second kappa shape index (κ2) is 9.27. The Morgan fingerprint density at radius 1 is 1.17 bits per heavy atom. The molecule has 124 valence electrons. The summed E-state index contributed by atoms with van der Waals surface area (Å²) in [6.07, 6.45) is 1.48. The van der Waals surface area contributed by atoms with Crippen molar-refractivity contribution in [3.05, 3.63) is 58.0 Å². The van der Waals surface area contributed by atoms with Crippen molar-refractivity contribution in [2.45, 2.75) is 25.3 Å². The lowest BCUT2D eigenvalue weighted by molar-refractivity contribution is 0.239. The van der Waals surface area contributed by atoms with Crippen LogP contribution in [-0.4, -0.2) is 24.3 Å². The highest BCUT2D eigenvalue weighted by Crippen LogP contribution is 2.26. The van der Waals surface area contributed by atoms with Gasteiger partial charge in [-0.2, -0.15) is 0 Å². The third kappa shape index (κ3) is 6.00. The lowest BCUT2D eigenvalue weighted by Crippen LogP contribution is -2.36. The zero-order chi connectivity index (χ0) is 16.5. The average Bonchev–Trinajstić information content (AvgIpc) is 3.08. The van der Waals surface area contributed by atoms with Crippen molar-refractivity contribution in [2.75, 3.05) is 13.2 Å². The highest BCUT2D eigenvalue weighted by molar-refractivity contribution is 7.10. The Bertz CT molecular complexity index is 587. The average molecular weight is 336 g/mol. The van der Waals surface area contributed by atoms with Crippen LogP contribution in [0.15, 0.2) is 41.8 Å². The van der Waals surface area contributed by atoms with Gasteiger partial charge in [-0.25, -0.2) is 9.18 Å². The quantitative estimate of drug-likeness (QED) is 0.693. The third-order valence-electron chi connectivity index (χ3n) is 3.57. The second-order valence-corrected chi connectivity index (χ2v) is 6.23. The summed E-state index contributed by atoms with van der Waals surface area (Å²) in [5.41, 5.74) is 0.846. The summed E-state index contributed by atoms with van der Waals surface area (Å²) in [5.74, 6) is -0.0286. The number of aliphatic hydroxyl groups is 1. The summed E-state index contributed by atoms with van der Waals surface area (Å²) in [6.45, 7) is 1.04. The summed E-state index contributed by atoms with van der Waals surface area (Å²) in [6, 6.07) is 9.83. The van der Waals surface area contributed by atoms with E-state index in [-0.39, 0.29) is 24.4 Å². The van der Waals surface area contributed by atoms with Crippen molar-refractivity contribution in [2.24, 2.45) is 0 Å². The Labute approximate surface area is 139 Å². The monoisotopic (exact) mass is 336 g/mol. The summed E-state index contributed by atoms with van der Waals surface area (Å²) in [4.78, 5) is 13.0. The fourth-order valence-electron chi connectivity index (χ4n) is 2.32. The van der Waals surface area contributed by atoms with E-state index in [1.54, 1.807) is 23.5 Å². The molecule has 0 aliphatic carbocycles. The number of nitrogens with one attached hydrogen (secondary N) is 2.